The van der Waals surface area contributed by atoms with Gasteiger partial charge in [-0.3, -0.25) is 14.4 Å². The predicted molar refractivity (Wildman–Crippen MR) is 119 cm³/mol. The van der Waals surface area contributed by atoms with E-state index in [1.165, 1.54) is 0 Å². The number of aromatic nitrogens is 2. The second-order valence-corrected chi connectivity index (χ2v) is 7.75. The molecule has 31 heavy (non-hydrogen) atoms. The van der Waals surface area contributed by atoms with Crippen molar-refractivity contribution in [3.05, 3.63) is 70.1 Å². The Morgan fingerprint density at radius 3 is 2.48 bits per heavy atom. The molecular weight excluding hydrogens is 394 g/mol. The van der Waals surface area contributed by atoms with Gasteiger partial charge in [0, 0.05) is 50.3 Å². The maximum Gasteiger partial charge on any atom is 0.270 e. The van der Waals surface area contributed by atoms with Gasteiger partial charge in [-0.2, -0.15) is 0 Å². The first-order valence-corrected chi connectivity index (χ1v) is 10.4. The molecule has 160 valence electrons. The molecule has 2 heterocycles. The first-order valence-electron chi connectivity index (χ1n) is 10.4. The van der Waals surface area contributed by atoms with E-state index in [0.29, 0.717) is 28.0 Å². The minimum Gasteiger partial charge on any atom is -0.336 e. The molecule has 3 aromatic rings. The van der Waals surface area contributed by atoms with Crippen LogP contribution >= 0.6 is 0 Å². The van der Waals surface area contributed by atoms with E-state index in [9.17, 15) is 14.4 Å². The number of fused-ring (bicyclic) bond motifs is 1. The first kappa shape index (κ1) is 20.7. The number of anilines is 1. The van der Waals surface area contributed by atoms with Crippen molar-refractivity contribution >= 4 is 28.5 Å². The van der Waals surface area contributed by atoms with Crippen molar-refractivity contribution in [2.75, 3.05) is 38.5 Å². The number of H-pyrrole nitrogens is 1. The Morgan fingerprint density at radius 1 is 1.03 bits per heavy atom. The van der Waals surface area contributed by atoms with Crippen LogP contribution in [0.3, 0.4) is 0 Å². The zero-order valence-corrected chi connectivity index (χ0v) is 17.4. The van der Waals surface area contributed by atoms with Crippen molar-refractivity contribution < 1.29 is 9.59 Å². The maximum absolute atomic E-state index is 12.6. The van der Waals surface area contributed by atoms with E-state index < -0.39 is 0 Å². The summed E-state index contributed by atoms with van der Waals surface area (Å²) in [6.45, 7) is 3.18. The SMILES string of the molecule is CN1CCN(C(=O)c2ccc(NC(=O)CCc3nc4ccccc4[nH]c3=O)cc2)CC1. The summed E-state index contributed by atoms with van der Waals surface area (Å²) in [6, 6.07) is 14.2. The Hall–Kier alpha value is -3.52. The average molecular weight is 419 g/mol. The highest BCUT2D eigenvalue weighted by Crippen LogP contribution is 2.14. The fourth-order valence-electron chi connectivity index (χ4n) is 3.58. The van der Waals surface area contributed by atoms with Gasteiger partial charge < -0.3 is 20.1 Å². The molecular formula is C23H25N5O3. The third kappa shape index (κ3) is 4.97. The standard InChI is InChI=1S/C23H25N5O3/c1-27-12-14-28(15-13-27)23(31)16-6-8-17(9-7-16)24-21(29)11-10-20-22(30)26-19-5-3-2-4-18(19)25-20/h2-9H,10-15H2,1H3,(H,24,29)(H,26,30). The Bertz CT molecular complexity index is 1150. The quantitative estimate of drug-likeness (QED) is 0.658. The number of benzene rings is 2. The number of hydrogen-bond acceptors (Lipinski definition) is 5. The number of rotatable bonds is 5. The molecule has 1 saturated heterocycles. The van der Waals surface area contributed by atoms with Gasteiger partial charge in [-0.05, 0) is 43.4 Å². The lowest BCUT2D eigenvalue weighted by atomic mass is 10.1. The van der Waals surface area contributed by atoms with Gasteiger partial charge in [0.2, 0.25) is 5.91 Å². The average Bonchev–Trinajstić information content (AvgIpc) is 2.78. The number of carbonyl (C=O) groups is 2. The van der Waals surface area contributed by atoms with Crippen molar-refractivity contribution in [2.45, 2.75) is 12.8 Å². The fraction of sp³-hybridized carbons (Fsp3) is 0.304. The van der Waals surface area contributed by atoms with Gasteiger partial charge in [-0.1, -0.05) is 12.1 Å². The Labute approximate surface area is 179 Å². The number of nitrogens with zero attached hydrogens (tertiary/aromatic N) is 3. The van der Waals surface area contributed by atoms with Crippen LogP contribution in [0.15, 0.2) is 53.3 Å². The summed E-state index contributed by atoms with van der Waals surface area (Å²) >= 11 is 0. The third-order valence-corrected chi connectivity index (χ3v) is 5.46. The van der Waals surface area contributed by atoms with Crippen LogP contribution in [0.25, 0.3) is 11.0 Å². The zero-order chi connectivity index (χ0) is 21.8. The number of carbonyl (C=O) groups excluding carboxylic acids is 2. The van der Waals surface area contributed by atoms with Crippen LogP contribution in [0, 0.1) is 0 Å². The largest absolute Gasteiger partial charge is 0.336 e. The lowest BCUT2D eigenvalue weighted by Gasteiger charge is -2.32. The van der Waals surface area contributed by atoms with Crippen molar-refractivity contribution in [1.29, 1.82) is 0 Å². The molecule has 2 aromatic carbocycles. The third-order valence-electron chi connectivity index (χ3n) is 5.46. The summed E-state index contributed by atoms with van der Waals surface area (Å²) in [7, 11) is 2.05. The topological polar surface area (TPSA) is 98.4 Å². The molecule has 1 aromatic heterocycles. The second-order valence-electron chi connectivity index (χ2n) is 7.75. The van der Waals surface area contributed by atoms with Crippen LogP contribution in [0.5, 0.6) is 0 Å². The van der Waals surface area contributed by atoms with Gasteiger partial charge in [-0.15, -0.1) is 0 Å². The zero-order valence-electron chi connectivity index (χ0n) is 17.4. The van der Waals surface area contributed by atoms with E-state index in [-0.39, 0.29) is 30.2 Å². The summed E-state index contributed by atoms with van der Waals surface area (Å²) in [6.07, 6.45) is 0.377. The number of hydrogen-bond donors (Lipinski definition) is 2. The summed E-state index contributed by atoms with van der Waals surface area (Å²) in [5.74, 6) is -0.208. The van der Waals surface area contributed by atoms with Gasteiger partial charge >= 0.3 is 0 Å². The molecule has 8 heteroatoms. The molecule has 8 nitrogen and oxygen atoms in total. The molecule has 0 bridgehead atoms. The van der Waals surface area contributed by atoms with E-state index in [4.69, 9.17) is 0 Å². The number of aromatic amines is 1. The molecule has 1 aliphatic rings. The Morgan fingerprint density at radius 2 is 1.74 bits per heavy atom. The van der Waals surface area contributed by atoms with Gasteiger partial charge in [0.15, 0.2) is 0 Å². The van der Waals surface area contributed by atoms with Crippen LogP contribution in [0.2, 0.25) is 0 Å². The van der Waals surface area contributed by atoms with Crippen molar-refractivity contribution in [3.8, 4) is 0 Å². The predicted octanol–water partition coefficient (Wildman–Crippen LogP) is 1.88. The molecule has 0 spiro atoms. The van der Waals surface area contributed by atoms with Crippen LogP contribution in [0.1, 0.15) is 22.5 Å². The summed E-state index contributed by atoms with van der Waals surface area (Å²) in [5.41, 5.74) is 2.64. The van der Waals surface area contributed by atoms with Crippen LogP contribution in [-0.2, 0) is 11.2 Å². The number of nitrogens with one attached hydrogen (secondary N) is 2. The van der Waals surface area contributed by atoms with Gasteiger partial charge in [-0.25, -0.2) is 4.98 Å². The van der Waals surface area contributed by atoms with E-state index in [1.807, 2.05) is 30.1 Å². The molecule has 1 aliphatic heterocycles. The molecule has 2 N–H and O–H groups in total. The lowest BCUT2D eigenvalue weighted by Crippen LogP contribution is -2.47. The van der Waals surface area contributed by atoms with Crippen molar-refractivity contribution in [2.24, 2.45) is 0 Å². The Kier molecular flexibility index (Phi) is 6.08. The molecule has 0 radical (unpaired) electrons. The molecule has 0 saturated carbocycles. The highest BCUT2D eigenvalue weighted by Gasteiger charge is 2.20. The number of aryl methyl sites for hydroxylation is 1. The monoisotopic (exact) mass is 419 g/mol. The maximum atomic E-state index is 12.6. The minimum absolute atomic E-state index is 0.00702. The summed E-state index contributed by atoms with van der Waals surface area (Å²) < 4.78 is 0. The molecule has 2 amide bonds. The van der Waals surface area contributed by atoms with E-state index in [0.717, 1.165) is 26.2 Å². The summed E-state index contributed by atoms with van der Waals surface area (Å²) in [4.78, 5) is 48.3. The van der Waals surface area contributed by atoms with E-state index in [1.54, 1.807) is 30.3 Å². The van der Waals surface area contributed by atoms with Gasteiger partial charge in [0.05, 0.1) is 11.0 Å². The molecule has 0 aliphatic carbocycles. The highest BCUT2D eigenvalue weighted by atomic mass is 16.2. The molecule has 1 fully saturated rings. The number of amides is 2. The van der Waals surface area contributed by atoms with Gasteiger partial charge in [0.25, 0.3) is 11.5 Å². The Balaban J connectivity index is 1.33. The number of piperazine rings is 1. The lowest BCUT2D eigenvalue weighted by molar-refractivity contribution is -0.116. The normalized spacial score (nSPS) is 14.5. The van der Waals surface area contributed by atoms with Gasteiger partial charge in [0.1, 0.15) is 5.69 Å². The first-order chi connectivity index (χ1) is 15.0. The van der Waals surface area contributed by atoms with Crippen molar-refractivity contribution in [1.82, 2.24) is 19.8 Å². The smallest absolute Gasteiger partial charge is 0.270 e. The van der Waals surface area contributed by atoms with Crippen molar-refractivity contribution in [3.63, 3.8) is 0 Å². The van der Waals surface area contributed by atoms with Crippen LogP contribution in [0.4, 0.5) is 5.69 Å². The molecule has 4 rings (SSSR count). The summed E-state index contributed by atoms with van der Waals surface area (Å²) in [5, 5.41) is 2.81. The highest BCUT2D eigenvalue weighted by molar-refractivity contribution is 5.96. The van der Waals surface area contributed by atoms with E-state index in [2.05, 4.69) is 20.2 Å². The van der Waals surface area contributed by atoms with Crippen LogP contribution < -0.4 is 10.9 Å². The molecule has 0 atom stereocenters. The number of likely N-dealkylation sites (N-methyl/N-ethyl adjacent to an activating group) is 1. The minimum atomic E-state index is -0.279. The second kappa shape index (κ2) is 9.09. The van der Waals surface area contributed by atoms with Crippen LogP contribution in [-0.4, -0.2) is 64.8 Å². The fourth-order valence-corrected chi connectivity index (χ4v) is 3.58. The molecule has 0 unspecified atom stereocenters. The number of para-hydroxylation sites is 2. The van der Waals surface area contributed by atoms with E-state index >= 15 is 0 Å².